The first-order valence-electron chi connectivity index (χ1n) is 7.75. The van der Waals surface area contributed by atoms with Crippen molar-refractivity contribution in [3.63, 3.8) is 0 Å². The number of hydrogen-bond donors (Lipinski definition) is 2. The van der Waals surface area contributed by atoms with Crippen molar-refractivity contribution in [1.82, 2.24) is 4.98 Å². The van der Waals surface area contributed by atoms with Crippen molar-refractivity contribution in [1.29, 1.82) is 0 Å². The van der Waals surface area contributed by atoms with Gasteiger partial charge in [-0.3, -0.25) is 9.78 Å². The summed E-state index contributed by atoms with van der Waals surface area (Å²) in [5.74, 6) is -0.173. The molecule has 0 aliphatic rings. The summed E-state index contributed by atoms with van der Waals surface area (Å²) in [6.07, 6.45) is 3.15. The lowest BCUT2D eigenvalue weighted by atomic mass is 10.00. The highest BCUT2D eigenvalue weighted by Crippen LogP contribution is 2.23. The molecule has 0 aliphatic heterocycles. The Labute approximate surface area is 140 Å². The number of rotatable bonds is 5. The van der Waals surface area contributed by atoms with E-state index in [4.69, 9.17) is 5.73 Å². The second kappa shape index (κ2) is 6.96. The molecule has 2 aromatic carbocycles. The van der Waals surface area contributed by atoms with Gasteiger partial charge in [-0.25, -0.2) is 0 Å². The molecule has 4 heteroatoms. The number of hydrogen-bond acceptors (Lipinski definition) is 3. The fraction of sp³-hybridized carbons (Fsp3) is 0.100. The topological polar surface area (TPSA) is 76.2 Å². The number of aromatic nitrogens is 1. The van der Waals surface area contributed by atoms with Gasteiger partial charge in [-0.15, -0.1) is 0 Å². The molecule has 1 aromatic heterocycles. The number of amides is 1. The molecule has 24 heavy (non-hydrogen) atoms. The van der Waals surface area contributed by atoms with Gasteiger partial charge in [0.1, 0.15) is 5.75 Å². The summed E-state index contributed by atoms with van der Waals surface area (Å²) in [6, 6.07) is 18.4. The second-order valence-corrected chi connectivity index (χ2v) is 5.61. The lowest BCUT2D eigenvalue weighted by Crippen LogP contribution is -2.14. The van der Waals surface area contributed by atoms with Crippen LogP contribution in [0.3, 0.4) is 0 Å². The van der Waals surface area contributed by atoms with Gasteiger partial charge < -0.3 is 10.8 Å². The largest absolute Gasteiger partial charge is 0.508 e. The molecule has 0 spiro atoms. The Morgan fingerprint density at radius 2 is 1.75 bits per heavy atom. The average Bonchev–Trinajstić information content (AvgIpc) is 2.60. The average molecular weight is 318 g/mol. The molecule has 3 rings (SSSR count). The Balaban J connectivity index is 1.80. The van der Waals surface area contributed by atoms with Crippen LogP contribution in [-0.2, 0) is 12.8 Å². The number of carbonyl (C=O) groups excluding carboxylic acids is 1. The van der Waals surface area contributed by atoms with E-state index in [-0.39, 0.29) is 5.75 Å². The van der Waals surface area contributed by atoms with E-state index < -0.39 is 5.91 Å². The minimum atomic E-state index is -0.410. The lowest BCUT2D eigenvalue weighted by Gasteiger charge is -2.08. The smallest absolute Gasteiger partial charge is 0.248 e. The van der Waals surface area contributed by atoms with E-state index in [1.165, 1.54) is 0 Å². The van der Waals surface area contributed by atoms with E-state index in [0.29, 0.717) is 18.4 Å². The predicted molar refractivity (Wildman–Crippen MR) is 93.7 cm³/mol. The van der Waals surface area contributed by atoms with Crippen LogP contribution in [0, 0.1) is 0 Å². The van der Waals surface area contributed by atoms with Crippen LogP contribution in [0.2, 0.25) is 0 Å². The first-order valence-corrected chi connectivity index (χ1v) is 7.75. The number of phenols is 1. The summed E-state index contributed by atoms with van der Waals surface area (Å²) in [4.78, 5) is 15.9. The van der Waals surface area contributed by atoms with E-state index in [0.717, 1.165) is 22.4 Å². The van der Waals surface area contributed by atoms with Crippen molar-refractivity contribution in [3.8, 4) is 16.9 Å². The third-order valence-corrected chi connectivity index (χ3v) is 3.93. The van der Waals surface area contributed by atoms with Gasteiger partial charge in [0.2, 0.25) is 5.91 Å². The Morgan fingerprint density at radius 3 is 2.54 bits per heavy atom. The van der Waals surface area contributed by atoms with Gasteiger partial charge >= 0.3 is 0 Å². The SMILES string of the molecule is NC(=O)c1ccccc1CCc1cc(-c2cccc(O)c2)ccn1. The highest BCUT2D eigenvalue weighted by atomic mass is 16.3. The number of pyridine rings is 1. The summed E-state index contributed by atoms with van der Waals surface area (Å²) in [5.41, 5.74) is 9.77. The van der Waals surface area contributed by atoms with Crippen LogP contribution >= 0.6 is 0 Å². The summed E-state index contributed by atoms with van der Waals surface area (Å²) in [6.45, 7) is 0. The van der Waals surface area contributed by atoms with E-state index in [2.05, 4.69) is 4.98 Å². The van der Waals surface area contributed by atoms with Crippen molar-refractivity contribution in [2.24, 2.45) is 5.73 Å². The molecule has 1 amide bonds. The maximum Gasteiger partial charge on any atom is 0.248 e. The van der Waals surface area contributed by atoms with Crippen LogP contribution < -0.4 is 5.73 Å². The van der Waals surface area contributed by atoms with E-state index in [1.54, 1.807) is 24.4 Å². The predicted octanol–water partition coefficient (Wildman–Crippen LogP) is 3.34. The minimum absolute atomic E-state index is 0.237. The summed E-state index contributed by atoms with van der Waals surface area (Å²) in [7, 11) is 0. The molecule has 0 saturated carbocycles. The first kappa shape index (κ1) is 15.7. The number of aryl methyl sites for hydroxylation is 2. The Hall–Kier alpha value is -3.14. The number of phenolic OH excluding ortho intramolecular Hbond substituents is 1. The molecular formula is C20H18N2O2. The standard InChI is InChI=1S/C20H18N2O2/c21-20(24)19-7-2-1-4-14(19)8-9-17-12-16(10-11-22-17)15-5-3-6-18(23)13-15/h1-7,10-13,23H,8-9H2,(H2,21,24). The molecule has 0 atom stereocenters. The third-order valence-electron chi connectivity index (χ3n) is 3.93. The minimum Gasteiger partial charge on any atom is -0.508 e. The molecular weight excluding hydrogens is 300 g/mol. The molecule has 0 fully saturated rings. The van der Waals surface area contributed by atoms with Crippen LogP contribution in [-0.4, -0.2) is 16.0 Å². The zero-order chi connectivity index (χ0) is 16.9. The van der Waals surface area contributed by atoms with E-state index in [9.17, 15) is 9.90 Å². The van der Waals surface area contributed by atoms with Crippen LogP contribution in [0.25, 0.3) is 11.1 Å². The van der Waals surface area contributed by atoms with Crippen molar-refractivity contribution < 1.29 is 9.90 Å². The number of aromatic hydroxyl groups is 1. The quantitative estimate of drug-likeness (QED) is 0.757. The maximum atomic E-state index is 11.5. The zero-order valence-corrected chi connectivity index (χ0v) is 13.1. The van der Waals surface area contributed by atoms with Gasteiger partial charge in [0.15, 0.2) is 0 Å². The van der Waals surface area contributed by atoms with Crippen molar-refractivity contribution in [3.05, 3.63) is 83.7 Å². The maximum absolute atomic E-state index is 11.5. The van der Waals surface area contributed by atoms with Gasteiger partial charge in [-0.2, -0.15) is 0 Å². The highest BCUT2D eigenvalue weighted by molar-refractivity contribution is 5.94. The summed E-state index contributed by atoms with van der Waals surface area (Å²) < 4.78 is 0. The molecule has 0 saturated heterocycles. The number of benzene rings is 2. The second-order valence-electron chi connectivity index (χ2n) is 5.61. The van der Waals surface area contributed by atoms with Gasteiger partial charge in [0.05, 0.1) is 0 Å². The van der Waals surface area contributed by atoms with Crippen molar-refractivity contribution in [2.45, 2.75) is 12.8 Å². The normalized spacial score (nSPS) is 10.5. The molecule has 0 bridgehead atoms. The van der Waals surface area contributed by atoms with Crippen LogP contribution in [0.5, 0.6) is 5.75 Å². The fourth-order valence-corrected chi connectivity index (χ4v) is 2.72. The molecule has 4 nitrogen and oxygen atoms in total. The zero-order valence-electron chi connectivity index (χ0n) is 13.1. The Kier molecular flexibility index (Phi) is 4.57. The van der Waals surface area contributed by atoms with Gasteiger partial charge in [-0.05, 0) is 59.9 Å². The third kappa shape index (κ3) is 3.60. The first-order chi connectivity index (χ1) is 11.6. The number of carbonyl (C=O) groups is 1. The molecule has 0 unspecified atom stereocenters. The Bertz CT molecular complexity index is 875. The van der Waals surface area contributed by atoms with Gasteiger partial charge in [-0.1, -0.05) is 30.3 Å². The molecule has 120 valence electrons. The highest BCUT2D eigenvalue weighted by Gasteiger charge is 2.08. The number of primary amides is 1. The molecule has 1 heterocycles. The van der Waals surface area contributed by atoms with E-state index in [1.807, 2.05) is 42.5 Å². The van der Waals surface area contributed by atoms with Crippen molar-refractivity contribution in [2.75, 3.05) is 0 Å². The van der Waals surface area contributed by atoms with Crippen LogP contribution in [0.4, 0.5) is 0 Å². The summed E-state index contributed by atoms with van der Waals surface area (Å²) >= 11 is 0. The molecule has 0 radical (unpaired) electrons. The van der Waals surface area contributed by atoms with Gasteiger partial charge in [0.25, 0.3) is 0 Å². The van der Waals surface area contributed by atoms with Crippen LogP contribution in [0.15, 0.2) is 66.9 Å². The number of nitrogens with zero attached hydrogens (tertiary/aromatic N) is 1. The molecule has 3 N–H and O–H groups in total. The Morgan fingerprint density at radius 1 is 0.958 bits per heavy atom. The lowest BCUT2D eigenvalue weighted by molar-refractivity contribution is 0.0999. The van der Waals surface area contributed by atoms with Crippen molar-refractivity contribution >= 4 is 5.91 Å². The van der Waals surface area contributed by atoms with Crippen LogP contribution in [0.1, 0.15) is 21.6 Å². The number of nitrogens with two attached hydrogens (primary N) is 1. The summed E-state index contributed by atoms with van der Waals surface area (Å²) in [5, 5.41) is 9.62. The monoisotopic (exact) mass is 318 g/mol. The van der Waals surface area contributed by atoms with E-state index >= 15 is 0 Å². The molecule has 0 aliphatic carbocycles. The van der Waals surface area contributed by atoms with Gasteiger partial charge in [0, 0.05) is 17.5 Å². The molecule has 3 aromatic rings. The fourth-order valence-electron chi connectivity index (χ4n) is 2.72.